The van der Waals surface area contributed by atoms with Gasteiger partial charge >= 0.3 is 19.5 Å². The number of hydrogen-bond donors (Lipinski definition) is 14. The Morgan fingerprint density at radius 2 is 0.726 bits per heavy atom. The van der Waals surface area contributed by atoms with Crippen LogP contribution in [0.25, 0.3) is 102 Å². The smallest absolute Gasteiger partial charge is 0.657 e. The molecule has 0 aliphatic carbocycles. The van der Waals surface area contributed by atoms with E-state index in [1.54, 1.807) is 12.4 Å². The molecule has 6 aliphatic heterocycles. The van der Waals surface area contributed by atoms with Crippen LogP contribution >= 0.6 is 0 Å². The van der Waals surface area contributed by atoms with Gasteiger partial charge in [-0.05, 0) is 93.1 Å². The Balaban J connectivity index is 0.0000106. The largest absolute Gasteiger partial charge is 2.00 e. The first kappa shape index (κ1) is 80.1. The first-order valence-electron chi connectivity index (χ1n) is 36.1. The Morgan fingerprint density at radius 1 is 0.407 bits per heavy atom. The fraction of sp³-hybridized carbons (Fsp3) is 0.359. The number of carbonyl (C=O) groups is 2. The topological polar surface area (TPSA) is 490 Å². The van der Waals surface area contributed by atoms with Crippen LogP contribution in [-0.4, -0.2) is 262 Å². The number of benzene rings is 4. The Morgan fingerprint density at radius 3 is 1.04 bits per heavy atom. The van der Waals surface area contributed by atoms with Crippen molar-refractivity contribution in [2.24, 2.45) is 0 Å². The zero-order valence-electron chi connectivity index (χ0n) is 60.6. The van der Waals surface area contributed by atoms with Crippen LogP contribution in [0.3, 0.4) is 0 Å². The number of aliphatic hydroxyl groups is 12. The molecule has 0 unspecified atom stereocenters. The van der Waals surface area contributed by atoms with Crippen molar-refractivity contribution in [3.63, 3.8) is 0 Å². The summed E-state index contributed by atoms with van der Waals surface area (Å²) < 4.78 is 50.1. The summed E-state index contributed by atoms with van der Waals surface area (Å²) in [6.45, 7) is -1.08. The number of fused-ring (bicyclic) bond motifs is 8. The van der Waals surface area contributed by atoms with E-state index in [-0.39, 0.29) is 32.7 Å². The third kappa shape index (κ3) is 16.5. The van der Waals surface area contributed by atoms with Crippen molar-refractivity contribution < 1.29 is 128 Å². The molecule has 0 radical (unpaired) electrons. The summed E-state index contributed by atoms with van der Waals surface area (Å²) in [5.74, 6) is -1.16. The second kappa shape index (κ2) is 34.7. The normalized spacial score (nSPS) is 28.2. The molecular weight excluding hydrogens is 1520 g/mol. The average Bonchev–Trinajstić information content (AvgIpc) is 1.50. The molecule has 15 rings (SSSR count). The quantitative estimate of drug-likeness (QED) is 0.0406. The van der Waals surface area contributed by atoms with Crippen molar-refractivity contribution in [2.75, 3.05) is 26.4 Å². The minimum Gasteiger partial charge on any atom is -0.657 e. The van der Waals surface area contributed by atoms with Crippen LogP contribution in [-0.2, 0) is 80.2 Å². The van der Waals surface area contributed by atoms with Crippen molar-refractivity contribution in [3.8, 4) is 55.9 Å². The molecule has 0 spiro atoms. The summed E-state index contributed by atoms with van der Waals surface area (Å²) in [5.41, 5.74) is 13.0. The van der Waals surface area contributed by atoms with Gasteiger partial charge in [-0.3, -0.25) is 9.59 Å². The van der Waals surface area contributed by atoms with E-state index in [9.17, 15) is 70.9 Å². The van der Waals surface area contributed by atoms with Crippen molar-refractivity contribution >= 4 is 58.2 Å². The maximum Gasteiger partial charge on any atom is 2.00 e. The zero-order valence-corrected chi connectivity index (χ0v) is 63.6. The average molecular weight is 1600 g/mol. The van der Waals surface area contributed by atoms with Gasteiger partial charge in [0.1, 0.15) is 109 Å². The van der Waals surface area contributed by atoms with Crippen LogP contribution < -0.4 is 20.6 Å². The molecule has 0 saturated carbocycles. The molecule has 4 fully saturated rings. The van der Waals surface area contributed by atoms with Gasteiger partial charge in [-0.15, -0.1) is 32.3 Å². The van der Waals surface area contributed by atoms with Gasteiger partial charge in [0.05, 0.1) is 86.2 Å². The summed E-state index contributed by atoms with van der Waals surface area (Å²) >= 11 is 0. The van der Waals surface area contributed by atoms with Crippen LogP contribution in [0.15, 0.2) is 146 Å². The van der Waals surface area contributed by atoms with Crippen LogP contribution in [0.2, 0.25) is 0 Å². The van der Waals surface area contributed by atoms with E-state index in [0.29, 0.717) is 78.7 Å². The van der Waals surface area contributed by atoms with E-state index in [0.717, 1.165) is 33.4 Å². The van der Waals surface area contributed by atoms with E-state index in [1.165, 1.54) is 23.2 Å². The number of aliphatic hydroxyl groups excluding tert-OH is 12. The van der Waals surface area contributed by atoms with Gasteiger partial charge in [-0.2, -0.15) is 0 Å². The molecule has 8 bridgehead atoms. The Bertz CT molecular complexity index is 4760. The summed E-state index contributed by atoms with van der Waals surface area (Å²) in [6.07, 6.45) is -17.4. The molecule has 6 aliphatic rings. The first-order valence-corrected chi connectivity index (χ1v) is 36.1. The minimum absolute atomic E-state index is 0. The van der Waals surface area contributed by atoms with Gasteiger partial charge in [0.15, 0.2) is 25.2 Å². The van der Waals surface area contributed by atoms with Gasteiger partial charge in [-0.25, -0.2) is 19.3 Å². The summed E-state index contributed by atoms with van der Waals surface area (Å²) in [7, 11) is 0. The van der Waals surface area contributed by atoms with Crippen molar-refractivity contribution in [3.05, 3.63) is 180 Å². The third-order valence-electron chi connectivity index (χ3n) is 20.2. The molecule has 9 aromatic rings. The second-order valence-corrected chi connectivity index (χ2v) is 27.6. The molecule has 5 aromatic heterocycles. The minimum atomic E-state index is -1.84. The van der Waals surface area contributed by atoms with Gasteiger partial charge < -0.3 is 120 Å². The molecule has 2 amide bonds. The second-order valence-electron chi connectivity index (χ2n) is 27.6. The maximum absolute atomic E-state index is 12.5. The first-order chi connectivity index (χ1) is 54.3. The summed E-state index contributed by atoms with van der Waals surface area (Å²) in [5, 5.41) is 149. The van der Waals surface area contributed by atoms with Gasteiger partial charge in [0, 0.05) is 13.8 Å². The zero-order chi connectivity index (χ0) is 78.2. The van der Waals surface area contributed by atoms with Crippen molar-refractivity contribution in [1.82, 2.24) is 60.6 Å². The Hall–Kier alpha value is -9.48. The number of nitrogens with zero attached hydrogens (tertiary/aromatic N) is 10. The number of hydrogen-bond acceptors (Lipinski definition) is 28. The molecular formula is C78H80N12O22Zn. The van der Waals surface area contributed by atoms with E-state index in [2.05, 4.69) is 31.3 Å². The number of rotatable bonds is 22. The van der Waals surface area contributed by atoms with Crippen LogP contribution in [0.1, 0.15) is 48.0 Å². The van der Waals surface area contributed by atoms with Gasteiger partial charge in [-0.1, -0.05) is 120 Å². The van der Waals surface area contributed by atoms with Gasteiger partial charge in [0.2, 0.25) is 11.8 Å². The van der Waals surface area contributed by atoms with E-state index < -0.39 is 161 Å². The molecule has 113 heavy (non-hydrogen) atoms. The molecule has 4 saturated heterocycles. The monoisotopic (exact) mass is 1600 g/mol. The standard InChI is InChI=1S/C78H82N12O22.Zn/c1-37(95)79-63-67(99)73(111-77-71(103)69(101)65(97)55(31-91)107-77)57(33-93)109-75(63)105-35-43-29-89(87-85-43)45-17-13-41(14-18-45)61-51-25-21-47(81-51)59(39-9-5-3-6-10-39)49-23-27-53(83-49)62(54-28-24-50(84-54)60(40-11-7-4-8-12-40)48-22-26-52(61)82-48)42-15-19-46(20-16-42)90-30-44(86-88-90)36-106-76-64(80-38(2)96)68(100)74(58(34-94)110-76)112-78-72(104)70(102)66(98)56(32-92)108-78;/h3-30,55-58,63-78,91-94,97-104H,31-36H2,1-2H3,(H4,79,80,81,82,83,84,85,86,87,88,95,96);/q;+2/p-2/t55-,56-,57-,58-,63-,64-,65+,66+,67-,68-,69+,70+,71-,72-,73-,74-,75-,76-,77+,78+;/m1./s1. The summed E-state index contributed by atoms with van der Waals surface area (Å²) in [4.78, 5) is 46.7. The number of carbonyl (C=O) groups excluding carboxylic acids is 2. The molecule has 14 N–H and O–H groups in total. The summed E-state index contributed by atoms with van der Waals surface area (Å²) in [6, 6.07) is 40.0. The Labute approximate surface area is 655 Å². The van der Waals surface area contributed by atoms with Crippen molar-refractivity contribution in [2.45, 2.75) is 150 Å². The molecule has 4 aromatic carbocycles. The molecule has 11 heterocycles. The number of aromatic nitrogens is 10. The molecule has 34 nitrogen and oxygen atoms in total. The molecule has 35 heteroatoms. The predicted octanol–water partition coefficient (Wildman–Crippen LogP) is 0.310. The van der Waals surface area contributed by atoms with E-state index >= 15 is 0 Å². The third-order valence-corrected chi connectivity index (χ3v) is 20.2. The van der Waals surface area contributed by atoms with Crippen LogP contribution in [0.4, 0.5) is 0 Å². The molecule has 20 atom stereocenters. The molecule has 586 valence electrons. The van der Waals surface area contributed by atoms with Gasteiger partial charge in [0.25, 0.3) is 0 Å². The van der Waals surface area contributed by atoms with Crippen LogP contribution in [0.5, 0.6) is 0 Å². The maximum atomic E-state index is 12.5. The number of nitrogens with one attached hydrogen (secondary N) is 2. The van der Waals surface area contributed by atoms with Crippen molar-refractivity contribution in [1.29, 1.82) is 0 Å². The predicted molar refractivity (Wildman–Crippen MR) is 394 cm³/mol. The SMILES string of the molecule is CC(=O)N[C@H]1[C@H](OCc2cn(-c3ccc(-c4c5nc(c(-c6ccccc6)c6ccc([n-]6)c(-c6ccc(-n7cc(CO[C@@H]8O[C@H](CO)[C@@H](O[C@@H]9O[C@H](CO)[C@H](O)[C@H](O)[C@H]9O)[C@H](O)[C@H]8NC(C)=O)nn7)cc6)c6nc(c(-c7ccccc7)c7ccc4[n-]7)C=C6)C=C5)cc3)nn2)O[C@H](CO)[C@@H](O[C@@H]2O[C@H](CO)[C@H](O)[C@H](O)[C@H]2O)[C@@H]1O.[Zn+2]. The fourth-order valence-corrected chi connectivity index (χ4v) is 14.6. The fourth-order valence-electron chi connectivity index (χ4n) is 14.6. The number of amides is 2. The van der Waals surface area contributed by atoms with E-state index in [1.807, 2.05) is 158 Å². The number of ether oxygens (including phenoxy) is 8. The van der Waals surface area contributed by atoms with Crippen LogP contribution in [0, 0.1) is 0 Å². The Kier molecular flexibility index (Phi) is 24.6. The van der Waals surface area contributed by atoms with E-state index in [4.69, 9.17) is 57.8 Å².